The number of fused-ring (bicyclic) bond motifs is 2. The molecule has 2 aromatic carbocycles. The van der Waals surface area contributed by atoms with Crippen molar-refractivity contribution in [3.63, 3.8) is 0 Å². The fraction of sp³-hybridized carbons (Fsp3) is 0.538. The lowest BCUT2D eigenvalue weighted by atomic mass is 9.85. The van der Waals surface area contributed by atoms with E-state index in [4.69, 9.17) is 27.9 Å². The van der Waals surface area contributed by atoms with Crippen LogP contribution in [0.3, 0.4) is 0 Å². The molecule has 1 aliphatic carbocycles. The number of hydrogen-bond acceptors (Lipinski definition) is 8. The van der Waals surface area contributed by atoms with Gasteiger partial charge in [0.05, 0.1) is 11.5 Å². The van der Waals surface area contributed by atoms with Gasteiger partial charge in [0.15, 0.2) is 11.6 Å². The van der Waals surface area contributed by atoms with Gasteiger partial charge in [0.2, 0.25) is 0 Å². The average Bonchev–Trinajstić information content (AvgIpc) is 3.28. The van der Waals surface area contributed by atoms with E-state index in [1.165, 1.54) is 12.1 Å². The molecule has 0 bridgehead atoms. The van der Waals surface area contributed by atoms with Gasteiger partial charge in [-0.15, -0.1) is 0 Å². The normalized spacial score (nSPS) is 33.3. The summed E-state index contributed by atoms with van der Waals surface area (Å²) in [7, 11) is -4.11. The van der Waals surface area contributed by atoms with E-state index in [0.29, 0.717) is 6.61 Å². The van der Waals surface area contributed by atoms with Crippen LogP contribution in [0.5, 0.6) is 0 Å². The highest BCUT2D eigenvalue weighted by molar-refractivity contribution is 7.86. The van der Waals surface area contributed by atoms with Gasteiger partial charge >= 0.3 is 0 Å². The molecule has 0 spiro atoms. The Bertz CT molecular complexity index is 1110. The van der Waals surface area contributed by atoms with Crippen molar-refractivity contribution in [2.45, 2.75) is 94.3 Å². The Kier molecular flexibility index (Phi) is 6.32. The summed E-state index contributed by atoms with van der Waals surface area (Å²) in [4.78, 5) is 0.0648. The molecule has 0 amide bonds. The number of ether oxygens (including phenoxy) is 5. The average molecular weight is 505 g/mol. The highest BCUT2D eigenvalue weighted by Gasteiger charge is 2.65. The Balaban J connectivity index is 1.47. The Hall–Kier alpha value is -1.85. The molecule has 2 aliphatic heterocycles. The molecular weight excluding hydrogens is 472 g/mol. The van der Waals surface area contributed by atoms with Crippen molar-refractivity contribution < 1.29 is 36.3 Å². The molecule has 3 aliphatic rings. The van der Waals surface area contributed by atoms with E-state index >= 15 is 0 Å². The summed E-state index contributed by atoms with van der Waals surface area (Å²) in [6.45, 7) is 9.36. The monoisotopic (exact) mass is 504 g/mol. The van der Waals surface area contributed by atoms with Gasteiger partial charge < -0.3 is 23.7 Å². The minimum atomic E-state index is -4.11. The summed E-state index contributed by atoms with van der Waals surface area (Å²) in [5.41, 5.74) is 1.95. The number of benzene rings is 2. The molecule has 2 saturated heterocycles. The number of rotatable bonds is 6. The molecule has 5 rings (SSSR count). The number of aryl methyl sites for hydroxylation is 1. The van der Waals surface area contributed by atoms with Crippen molar-refractivity contribution in [2.75, 3.05) is 0 Å². The predicted octanol–water partition coefficient (Wildman–Crippen LogP) is 3.71. The van der Waals surface area contributed by atoms with Crippen LogP contribution >= 0.6 is 0 Å². The van der Waals surface area contributed by atoms with Crippen LogP contribution in [-0.4, -0.2) is 56.6 Å². The SMILES string of the molecule is Cc1ccc(S(=O)(=O)OC2[C@H]3OC(C)(C)O[C@@H]3C(OCc3ccccc3)[C@@H]3OC(C)(C)O[C@H]23)cc1. The second-order valence-electron chi connectivity index (χ2n) is 10.2. The van der Waals surface area contributed by atoms with Crippen LogP contribution in [-0.2, 0) is 44.6 Å². The van der Waals surface area contributed by atoms with E-state index in [2.05, 4.69) is 0 Å². The summed E-state index contributed by atoms with van der Waals surface area (Å²) in [6.07, 6.45) is -4.28. The first kappa shape index (κ1) is 24.8. The summed E-state index contributed by atoms with van der Waals surface area (Å²) < 4.78 is 63.6. The van der Waals surface area contributed by atoms with E-state index in [-0.39, 0.29) is 4.90 Å². The van der Waals surface area contributed by atoms with Crippen molar-refractivity contribution >= 4 is 10.1 Å². The second kappa shape index (κ2) is 8.92. The highest BCUT2D eigenvalue weighted by Crippen LogP contribution is 2.47. The fourth-order valence-electron chi connectivity index (χ4n) is 5.00. The zero-order chi connectivity index (χ0) is 25.0. The molecule has 0 radical (unpaired) electrons. The lowest BCUT2D eigenvalue weighted by Gasteiger charge is -2.42. The first-order valence-electron chi connectivity index (χ1n) is 11.8. The summed E-state index contributed by atoms with van der Waals surface area (Å²) in [5, 5.41) is 0. The van der Waals surface area contributed by atoms with Crippen molar-refractivity contribution in [3.8, 4) is 0 Å². The van der Waals surface area contributed by atoms with Crippen LogP contribution in [0.25, 0.3) is 0 Å². The molecule has 35 heavy (non-hydrogen) atoms. The quantitative estimate of drug-likeness (QED) is 0.550. The largest absolute Gasteiger partial charge is 0.368 e. The summed E-state index contributed by atoms with van der Waals surface area (Å²) in [6, 6.07) is 16.3. The van der Waals surface area contributed by atoms with Crippen molar-refractivity contribution in [1.29, 1.82) is 0 Å². The molecule has 1 saturated carbocycles. The van der Waals surface area contributed by atoms with Crippen LogP contribution in [0.1, 0.15) is 38.8 Å². The van der Waals surface area contributed by atoms with Crippen molar-refractivity contribution in [3.05, 3.63) is 65.7 Å². The van der Waals surface area contributed by atoms with Gasteiger partial charge in [0, 0.05) is 0 Å². The van der Waals surface area contributed by atoms with E-state index in [1.54, 1.807) is 39.8 Å². The molecule has 0 aromatic heterocycles. The van der Waals surface area contributed by atoms with Crippen LogP contribution < -0.4 is 0 Å². The minimum absolute atomic E-state index is 0.0648. The Morgan fingerprint density at radius 3 is 1.74 bits per heavy atom. The van der Waals surface area contributed by atoms with Crippen LogP contribution in [0.15, 0.2) is 59.5 Å². The van der Waals surface area contributed by atoms with Crippen LogP contribution in [0.2, 0.25) is 0 Å². The standard InChI is InChI=1S/C26H32O8S/c1-16-11-13-18(14-12-16)35(27,28)34-24-22-20(30-25(2,3)32-22)19(21-23(24)33-26(4,5)31-21)29-15-17-9-7-6-8-10-17/h6-14,19-24H,15H2,1-5H3/t19?,20-,21+,22-,23-,24?/m0/s1. The van der Waals surface area contributed by atoms with E-state index in [1.807, 2.05) is 37.3 Å². The van der Waals surface area contributed by atoms with Gasteiger partial charge in [0.1, 0.15) is 36.6 Å². The van der Waals surface area contributed by atoms with Crippen LogP contribution in [0, 0.1) is 6.92 Å². The van der Waals surface area contributed by atoms with Crippen molar-refractivity contribution in [1.82, 2.24) is 0 Å². The third-order valence-electron chi connectivity index (χ3n) is 6.46. The van der Waals surface area contributed by atoms with Gasteiger partial charge in [0.25, 0.3) is 10.1 Å². The molecule has 0 N–H and O–H groups in total. The maximum Gasteiger partial charge on any atom is 0.297 e. The molecule has 3 fully saturated rings. The van der Waals surface area contributed by atoms with Gasteiger partial charge in [-0.3, -0.25) is 4.18 Å². The Labute approximate surface area is 206 Å². The smallest absolute Gasteiger partial charge is 0.297 e. The molecule has 2 heterocycles. The number of hydrogen-bond donors (Lipinski definition) is 0. The molecule has 6 atom stereocenters. The van der Waals surface area contributed by atoms with E-state index in [9.17, 15) is 8.42 Å². The van der Waals surface area contributed by atoms with Crippen LogP contribution in [0.4, 0.5) is 0 Å². The van der Waals surface area contributed by atoms with E-state index in [0.717, 1.165) is 11.1 Å². The minimum Gasteiger partial charge on any atom is -0.368 e. The fourth-order valence-corrected chi connectivity index (χ4v) is 6.09. The molecular formula is C26H32O8S. The summed E-state index contributed by atoms with van der Waals surface area (Å²) in [5.74, 6) is -1.93. The second-order valence-corrected chi connectivity index (χ2v) is 11.8. The first-order valence-corrected chi connectivity index (χ1v) is 13.2. The highest BCUT2D eigenvalue weighted by atomic mass is 32.2. The summed E-state index contributed by atoms with van der Waals surface area (Å²) >= 11 is 0. The Morgan fingerprint density at radius 2 is 1.23 bits per heavy atom. The molecule has 2 unspecified atom stereocenters. The maximum absolute atomic E-state index is 13.3. The maximum atomic E-state index is 13.3. The first-order chi connectivity index (χ1) is 16.4. The lowest BCUT2D eigenvalue weighted by molar-refractivity contribution is -0.190. The van der Waals surface area contributed by atoms with Gasteiger partial charge in [-0.25, -0.2) is 0 Å². The lowest BCUT2D eigenvalue weighted by Crippen LogP contribution is -2.63. The third-order valence-corrected chi connectivity index (χ3v) is 7.78. The van der Waals surface area contributed by atoms with Gasteiger partial charge in [-0.05, 0) is 52.3 Å². The van der Waals surface area contributed by atoms with Crippen molar-refractivity contribution in [2.24, 2.45) is 0 Å². The molecule has 2 aromatic rings. The van der Waals surface area contributed by atoms with E-state index < -0.39 is 58.3 Å². The zero-order valence-electron chi connectivity index (χ0n) is 20.5. The zero-order valence-corrected chi connectivity index (χ0v) is 21.4. The Morgan fingerprint density at radius 1 is 0.743 bits per heavy atom. The third kappa shape index (κ3) is 5.04. The topological polar surface area (TPSA) is 89.5 Å². The predicted molar refractivity (Wildman–Crippen MR) is 126 cm³/mol. The molecule has 8 nitrogen and oxygen atoms in total. The van der Waals surface area contributed by atoms with Gasteiger partial charge in [-0.1, -0.05) is 48.0 Å². The van der Waals surface area contributed by atoms with Gasteiger partial charge in [-0.2, -0.15) is 8.42 Å². The molecule has 9 heteroatoms. The molecule has 190 valence electrons.